The van der Waals surface area contributed by atoms with Crippen molar-refractivity contribution in [1.82, 2.24) is 5.32 Å². The molecule has 2 atom stereocenters. The van der Waals surface area contributed by atoms with Crippen LogP contribution >= 0.6 is 0 Å². The van der Waals surface area contributed by atoms with Gasteiger partial charge in [0.1, 0.15) is 5.82 Å². The van der Waals surface area contributed by atoms with Crippen LogP contribution in [0, 0.1) is 5.82 Å². The lowest BCUT2D eigenvalue weighted by Gasteiger charge is -2.28. The maximum Gasteiger partial charge on any atom is 0.178 e. The van der Waals surface area contributed by atoms with Gasteiger partial charge in [-0.05, 0) is 36.6 Å². The molecular weight excluding hydrogens is 269 g/mol. The van der Waals surface area contributed by atoms with Gasteiger partial charge in [0.15, 0.2) is 9.84 Å². The van der Waals surface area contributed by atoms with Gasteiger partial charge in [-0.25, -0.2) is 12.8 Å². The summed E-state index contributed by atoms with van der Waals surface area (Å²) in [7, 11) is -3.26. The first kappa shape index (κ1) is 13.0. The summed E-state index contributed by atoms with van der Waals surface area (Å²) in [5.41, 5.74) is 0.554. The maximum absolute atomic E-state index is 13.4. The lowest BCUT2D eigenvalue weighted by atomic mass is 10.0. The van der Waals surface area contributed by atoms with Crippen molar-refractivity contribution in [3.63, 3.8) is 0 Å². The van der Waals surface area contributed by atoms with E-state index in [-0.39, 0.29) is 22.7 Å². The third-order valence-electron chi connectivity index (χ3n) is 3.72. The van der Waals surface area contributed by atoms with Crippen LogP contribution in [0.3, 0.4) is 0 Å². The van der Waals surface area contributed by atoms with Crippen molar-refractivity contribution in [2.45, 2.75) is 29.8 Å². The van der Waals surface area contributed by atoms with E-state index >= 15 is 0 Å². The Morgan fingerprint density at radius 2 is 2.16 bits per heavy atom. The molecule has 0 bridgehead atoms. The van der Waals surface area contributed by atoms with Crippen LogP contribution in [0.4, 0.5) is 4.39 Å². The van der Waals surface area contributed by atoms with Gasteiger partial charge in [-0.15, -0.1) is 0 Å². The summed E-state index contributed by atoms with van der Waals surface area (Å²) in [4.78, 5) is 0.261. The highest BCUT2D eigenvalue weighted by Gasteiger charge is 2.32. The standard InChI is InChI=1S/C13H16FNO3S/c14-9-1-2-13-11(7-9)12(4-6-19(13,16)17)15-10-3-5-18-8-10/h1-2,7,10,12,15H,3-6,8H2. The summed E-state index contributed by atoms with van der Waals surface area (Å²) in [5, 5.41) is 3.38. The van der Waals surface area contributed by atoms with E-state index in [1.807, 2.05) is 0 Å². The fourth-order valence-corrected chi connectivity index (χ4v) is 4.34. The third-order valence-corrected chi connectivity index (χ3v) is 5.54. The number of hydrogen-bond donors (Lipinski definition) is 1. The molecular formula is C13H16FNO3S. The van der Waals surface area contributed by atoms with Gasteiger partial charge in [0.05, 0.1) is 17.3 Å². The number of hydrogen-bond acceptors (Lipinski definition) is 4. The third kappa shape index (κ3) is 2.52. The molecule has 3 rings (SSSR count). The normalized spacial score (nSPS) is 29.1. The van der Waals surface area contributed by atoms with E-state index < -0.39 is 15.7 Å². The maximum atomic E-state index is 13.4. The minimum atomic E-state index is -3.26. The van der Waals surface area contributed by atoms with Crippen LogP contribution in [0.1, 0.15) is 24.4 Å². The lowest BCUT2D eigenvalue weighted by molar-refractivity contribution is 0.187. The Morgan fingerprint density at radius 3 is 2.89 bits per heavy atom. The molecule has 0 spiro atoms. The molecule has 0 saturated carbocycles. The number of nitrogens with one attached hydrogen (secondary N) is 1. The molecule has 1 N–H and O–H groups in total. The topological polar surface area (TPSA) is 55.4 Å². The molecule has 0 aliphatic carbocycles. The van der Waals surface area contributed by atoms with E-state index in [9.17, 15) is 12.8 Å². The van der Waals surface area contributed by atoms with Crippen molar-refractivity contribution in [3.05, 3.63) is 29.6 Å². The van der Waals surface area contributed by atoms with Crippen molar-refractivity contribution < 1.29 is 17.5 Å². The zero-order chi connectivity index (χ0) is 13.5. The first-order valence-corrected chi connectivity index (χ1v) is 8.07. The number of sulfone groups is 1. The SMILES string of the molecule is O=S1(=O)CCC(NC2CCOC2)c2cc(F)ccc21. The summed E-state index contributed by atoms with van der Waals surface area (Å²) in [6.07, 6.45) is 1.39. The molecule has 4 nitrogen and oxygen atoms in total. The molecule has 0 aromatic heterocycles. The van der Waals surface area contributed by atoms with Crippen molar-refractivity contribution in [2.75, 3.05) is 19.0 Å². The Kier molecular flexibility index (Phi) is 3.32. The lowest BCUT2D eigenvalue weighted by Crippen LogP contribution is -2.37. The van der Waals surface area contributed by atoms with E-state index in [1.165, 1.54) is 18.2 Å². The Labute approximate surface area is 111 Å². The number of ether oxygens (including phenoxy) is 1. The summed E-state index contributed by atoms with van der Waals surface area (Å²) in [5.74, 6) is -0.290. The quantitative estimate of drug-likeness (QED) is 0.835. The smallest absolute Gasteiger partial charge is 0.178 e. The molecule has 0 amide bonds. The van der Waals surface area contributed by atoms with Crippen LogP contribution < -0.4 is 5.32 Å². The van der Waals surface area contributed by atoms with Crippen LogP contribution in [0.2, 0.25) is 0 Å². The zero-order valence-electron chi connectivity index (χ0n) is 10.4. The minimum absolute atomic E-state index is 0.108. The monoisotopic (exact) mass is 285 g/mol. The van der Waals surface area contributed by atoms with Crippen LogP contribution in [0.15, 0.2) is 23.1 Å². The average molecular weight is 285 g/mol. The highest BCUT2D eigenvalue weighted by molar-refractivity contribution is 7.91. The van der Waals surface area contributed by atoms with Gasteiger partial charge in [0.25, 0.3) is 0 Å². The van der Waals surface area contributed by atoms with Crippen molar-refractivity contribution in [3.8, 4) is 0 Å². The van der Waals surface area contributed by atoms with Gasteiger partial charge in [-0.1, -0.05) is 0 Å². The largest absolute Gasteiger partial charge is 0.380 e. The molecule has 2 heterocycles. The molecule has 19 heavy (non-hydrogen) atoms. The molecule has 1 saturated heterocycles. The van der Waals surface area contributed by atoms with Gasteiger partial charge in [0, 0.05) is 18.7 Å². The Balaban J connectivity index is 1.93. The van der Waals surface area contributed by atoms with Crippen molar-refractivity contribution in [1.29, 1.82) is 0 Å². The predicted molar refractivity (Wildman–Crippen MR) is 68.2 cm³/mol. The van der Waals surface area contributed by atoms with Gasteiger partial charge in [0.2, 0.25) is 0 Å². The minimum Gasteiger partial charge on any atom is -0.380 e. The molecule has 1 aromatic carbocycles. The van der Waals surface area contributed by atoms with Crippen LogP contribution in [-0.2, 0) is 14.6 Å². The molecule has 104 valence electrons. The molecule has 0 radical (unpaired) electrons. The number of halogens is 1. The summed E-state index contributed by atoms with van der Waals surface area (Å²) in [6, 6.07) is 4.03. The van der Waals surface area contributed by atoms with Gasteiger partial charge in [-0.2, -0.15) is 0 Å². The molecule has 1 aromatic rings. The van der Waals surface area contributed by atoms with Crippen LogP contribution in [-0.4, -0.2) is 33.4 Å². The van der Waals surface area contributed by atoms with Gasteiger partial charge >= 0.3 is 0 Å². The Bertz CT molecular complexity index is 582. The number of rotatable bonds is 2. The second kappa shape index (κ2) is 4.85. The molecule has 6 heteroatoms. The Morgan fingerprint density at radius 1 is 1.32 bits per heavy atom. The molecule has 1 fully saturated rings. The van der Waals surface area contributed by atoms with Gasteiger partial charge < -0.3 is 10.1 Å². The summed E-state index contributed by atoms with van der Waals surface area (Å²) >= 11 is 0. The molecule has 2 aliphatic rings. The van der Waals surface area contributed by atoms with E-state index in [1.54, 1.807) is 0 Å². The first-order valence-electron chi connectivity index (χ1n) is 6.42. The van der Waals surface area contributed by atoms with E-state index in [2.05, 4.69) is 5.32 Å². The van der Waals surface area contributed by atoms with Crippen molar-refractivity contribution in [2.24, 2.45) is 0 Å². The fourth-order valence-electron chi connectivity index (χ4n) is 2.74. The molecule has 2 unspecified atom stereocenters. The van der Waals surface area contributed by atoms with E-state index in [4.69, 9.17) is 4.74 Å². The fraction of sp³-hybridized carbons (Fsp3) is 0.538. The van der Waals surface area contributed by atoms with Crippen LogP contribution in [0.25, 0.3) is 0 Å². The summed E-state index contributed by atoms with van der Waals surface area (Å²) < 4.78 is 42.7. The number of fused-ring (bicyclic) bond motifs is 1. The number of benzene rings is 1. The highest BCUT2D eigenvalue weighted by atomic mass is 32.2. The van der Waals surface area contributed by atoms with E-state index in [0.717, 1.165) is 13.0 Å². The van der Waals surface area contributed by atoms with E-state index in [0.29, 0.717) is 18.6 Å². The average Bonchev–Trinajstić information content (AvgIpc) is 2.85. The zero-order valence-corrected chi connectivity index (χ0v) is 11.2. The second-order valence-electron chi connectivity index (χ2n) is 5.07. The molecule has 2 aliphatic heterocycles. The van der Waals surface area contributed by atoms with Crippen molar-refractivity contribution >= 4 is 9.84 Å². The Hall–Kier alpha value is -0.980. The highest BCUT2D eigenvalue weighted by Crippen LogP contribution is 2.33. The predicted octanol–water partition coefficient (Wildman–Crippen LogP) is 1.42. The van der Waals surface area contributed by atoms with Crippen LogP contribution in [0.5, 0.6) is 0 Å². The second-order valence-corrected chi connectivity index (χ2v) is 7.15. The van der Waals surface area contributed by atoms with Gasteiger partial charge in [-0.3, -0.25) is 0 Å². The first-order chi connectivity index (χ1) is 9.06. The summed E-state index contributed by atoms with van der Waals surface area (Å²) in [6.45, 7) is 1.35.